The molecule has 0 aromatic carbocycles. The lowest BCUT2D eigenvalue weighted by Gasteiger charge is -2.29. The lowest BCUT2D eigenvalue weighted by molar-refractivity contribution is -0.0547. The molecule has 1 saturated carbocycles. The second-order valence-corrected chi connectivity index (χ2v) is 5.47. The fraction of sp³-hybridized carbons (Fsp3) is 0.714. The van der Waals surface area contributed by atoms with Gasteiger partial charge in [-0.2, -0.15) is 0 Å². The van der Waals surface area contributed by atoms with E-state index in [1.807, 2.05) is 13.2 Å². The third kappa shape index (κ3) is 3.31. The van der Waals surface area contributed by atoms with Crippen LogP contribution in [0.4, 0.5) is 8.78 Å². The molecule has 102 valence electrons. The van der Waals surface area contributed by atoms with Gasteiger partial charge < -0.3 is 9.88 Å². The maximum absolute atomic E-state index is 13.3. The third-order valence-corrected chi connectivity index (χ3v) is 3.92. The Morgan fingerprint density at radius 3 is 3.00 bits per heavy atom. The zero-order valence-corrected chi connectivity index (χ0v) is 11.1. The van der Waals surface area contributed by atoms with E-state index in [4.69, 9.17) is 0 Å². The van der Waals surface area contributed by atoms with Gasteiger partial charge in [-0.1, -0.05) is 0 Å². The minimum Gasteiger partial charge on any atom is -0.354 e. The van der Waals surface area contributed by atoms with Crippen LogP contribution in [0.2, 0.25) is 0 Å². The largest absolute Gasteiger partial charge is 0.354 e. The van der Waals surface area contributed by atoms with E-state index < -0.39 is 5.92 Å². The molecule has 1 fully saturated rings. The van der Waals surface area contributed by atoms with Gasteiger partial charge >= 0.3 is 0 Å². The Morgan fingerprint density at radius 1 is 1.56 bits per heavy atom. The molecule has 1 aliphatic rings. The van der Waals surface area contributed by atoms with E-state index in [1.54, 1.807) is 0 Å². The molecule has 1 aromatic heterocycles. The molecule has 0 amide bonds. The molecule has 0 aliphatic heterocycles. The Morgan fingerprint density at radius 2 is 2.33 bits per heavy atom. The van der Waals surface area contributed by atoms with Crippen molar-refractivity contribution in [1.29, 1.82) is 0 Å². The van der Waals surface area contributed by atoms with Crippen molar-refractivity contribution in [2.75, 3.05) is 7.05 Å². The van der Waals surface area contributed by atoms with Crippen LogP contribution in [-0.4, -0.2) is 17.5 Å². The summed E-state index contributed by atoms with van der Waals surface area (Å²) in [6.07, 6.45) is 5.74. The van der Waals surface area contributed by atoms with Crippen molar-refractivity contribution in [2.45, 2.75) is 51.1 Å². The molecule has 2 rings (SSSR count). The number of hydrogen-bond acceptors (Lipinski definition) is 1. The summed E-state index contributed by atoms with van der Waals surface area (Å²) in [5, 5.41) is 3.18. The monoisotopic (exact) mass is 256 g/mol. The van der Waals surface area contributed by atoms with Gasteiger partial charge in [0.15, 0.2) is 0 Å². The van der Waals surface area contributed by atoms with E-state index in [0.717, 1.165) is 6.42 Å². The van der Waals surface area contributed by atoms with Crippen molar-refractivity contribution in [3.05, 3.63) is 24.0 Å². The lowest BCUT2D eigenvalue weighted by Crippen LogP contribution is -2.28. The number of nitrogens with one attached hydrogen (secondary N) is 1. The predicted octanol–water partition coefficient (Wildman–Crippen LogP) is 3.59. The highest BCUT2D eigenvalue weighted by Gasteiger charge is 2.36. The van der Waals surface area contributed by atoms with Gasteiger partial charge in [0.2, 0.25) is 5.92 Å². The van der Waals surface area contributed by atoms with Crippen molar-refractivity contribution in [1.82, 2.24) is 9.88 Å². The smallest absolute Gasteiger partial charge is 0.248 e. The van der Waals surface area contributed by atoms with Gasteiger partial charge in [-0.25, -0.2) is 8.78 Å². The summed E-state index contributed by atoms with van der Waals surface area (Å²) in [7, 11) is 1.92. The first-order valence-corrected chi connectivity index (χ1v) is 6.71. The number of nitrogens with zero attached hydrogens (tertiary/aromatic N) is 1. The van der Waals surface area contributed by atoms with E-state index >= 15 is 0 Å². The van der Waals surface area contributed by atoms with Crippen LogP contribution in [0.3, 0.4) is 0 Å². The van der Waals surface area contributed by atoms with Crippen LogP contribution in [-0.2, 0) is 6.54 Å². The Hall–Kier alpha value is -0.900. The van der Waals surface area contributed by atoms with Gasteiger partial charge in [-0.15, -0.1) is 0 Å². The number of hydrogen-bond donors (Lipinski definition) is 1. The predicted molar refractivity (Wildman–Crippen MR) is 68.8 cm³/mol. The molecule has 1 heterocycles. The number of rotatable bonds is 4. The molecular weight excluding hydrogens is 234 g/mol. The second-order valence-electron chi connectivity index (χ2n) is 5.47. The summed E-state index contributed by atoms with van der Waals surface area (Å²) in [5.41, 5.74) is 1.21. The highest BCUT2D eigenvalue weighted by molar-refractivity contribution is 5.14. The zero-order chi connectivity index (χ0) is 13.2. The first-order chi connectivity index (χ1) is 8.50. The maximum atomic E-state index is 13.3. The van der Waals surface area contributed by atoms with Gasteiger partial charge in [0.25, 0.3) is 0 Å². The van der Waals surface area contributed by atoms with Gasteiger partial charge in [0, 0.05) is 37.8 Å². The van der Waals surface area contributed by atoms with Crippen molar-refractivity contribution in [3.8, 4) is 0 Å². The van der Waals surface area contributed by atoms with Crippen LogP contribution in [0.15, 0.2) is 18.5 Å². The highest BCUT2D eigenvalue weighted by atomic mass is 19.3. The Bertz CT molecular complexity index is 387. The topological polar surface area (TPSA) is 17.0 Å². The van der Waals surface area contributed by atoms with Crippen molar-refractivity contribution < 1.29 is 8.78 Å². The number of alkyl halides is 2. The van der Waals surface area contributed by atoms with Crippen molar-refractivity contribution in [2.24, 2.45) is 5.92 Å². The number of aromatic nitrogens is 1. The normalized spacial score (nSPS) is 25.0. The summed E-state index contributed by atoms with van der Waals surface area (Å²) in [6, 6.07) is 2.36. The molecule has 0 saturated heterocycles. The molecule has 1 N–H and O–H groups in total. The minimum absolute atomic E-state index is 0.0437. The van der Waals surface area contributed by atoms with E-state index in [9.17, 15) is 8.78 Å². The highest BCUT2D eigenvalue weighted by Crippen LogP contribution is 2.37. The standard InChI is InChI=1S/C14H22F2N2/c1-11(17-2)13-5-7-18(10-13)9-12-4-3-6-14(15,16)8-12/h5,7,10-12,17H,3-4,6,8-9H2,1-2H3. The zero-order valence-electron chi connectivity index (χ0n) is 11.1. The lowest BCUT2D eigenvalue weighted by atomic mass is 9.86. The molecular formula is C14H22F2N2. The Labute approximate surface area is 107 Å². The fourth-order valence-electron chi connectivity index (χ4n) is 2.73. The fourth-order valence-corrected chi connectivity index (χ4v) is 2.73. The summed E-state index contributed by atoms with van der Waals surface area (Å²) in [4.78, 5) is 0. The van der Waals surface area contributed by atoms with Crippen molar-refractivity contribution in [3.63, 3.8) is 0 Å². The van der Waals surface area contributed by atoms with Gasteiger partial charge in [0.05, 0.1) is 0 Å². The molecule has 1 aliphatic carbocycles. The molecule has 0 bridgehead atoms. The molecule has 2 nitrogen and oxygen atoms in total. The quantitative estimate of drug-likeness (QED) is 0.871. The van der Waals surface area contributed by atoms with E-state index in [2.05, 4.69) is 29.1 Å². The van der Waals surface area contributed by atoms with Crippen molar-refractivity contribution >= 4 is 0 Å². The minimum atomic E-state index is -2.45. The Balaban J connectivity index is 1.95. The van der Waals surface area contributed by atoms with Gasteiger partial charge in [-0.05, 0) is 44.4 Å². The summed E-state index contributed by atoms with van der Waals surface area (Å²) in [5.74, 6) is -2.34. The molecule has 0 spiro atoms. The van der Waals surface area contributed by atoms with Crippen LogP contribution < -0.4 is 5.32 Å². The molecule has 2 unspecified atom stereocenters. The van der Waals surface area contributed by atoms with Crippen LogP contribution in [0.1, 0.15) is 44.2 Å². The van der Waals surface area contributed by atoms with E-state index in [0.29, 0.717) is 19.0 Å². The summed E-state index contributed by atoms with van der Waals surface area (Å²) >= 11 is 0. The van der Waals surface area contributed by atoms with Gasteiger partial charge in [-0.3, -0.25) is 0 Å². The third-order valence-electron chi connectivity index (χ3n) is 3.92. The SMILES string of the molecule is CNC(C)c1ccn(CC2CCCC(F)(F)C2)c1. The Kier molecular flexibility index (Phi) is 4.05. The first kappa shape index (κ1) is 13.5. The van der Waals surface area contributed by atoms with Crippen LogP contribution in [0.25, 0.3) is 0 Å². The van der Waals surface area contributed by atoms with Crippen LogP contribution in [0.5, 0.6) is 0 Å². The maximum Gasteiger partial charge on any atom is 0.248 e. The summed E-state index contributed by atoms with van der Waals surface area (Å²) in [6.45, 7) is 2.81. The second kappa shape index (κ2) is 5.39. The molecule has 1 aromatic rings. The molecule has 2 atom stereocenters. The summed E-state index contributed by atoms with van der Waals surface area (Å²) < 4.78 is 28.7. The van der Waals surface area contributed by atoms with Gasteiger partial charge in [0.1, 0.15) is 0 Å². The molecule has 18 heavy (non-hydrogen) atoms. The van der Waals surface area contributed by atoms with E-state index in [-0.39, 0.29) is 18.8 Å². The van der Waals surface area contributed by atoms with E-state index in [1.165, 1.54) is 5.56 Å². The molecule has 4 heteroatoms. The number of halogens is 2. The first-order valence-electron chi connectivity index (χ1n) is 6.71. The average Bonchev–Trinajstić information content (AvgIpc) is 2.75. The van der Waals surface area contributed by atoms with Crippen LogP contribution in [0, 0.1) is 5.92 Å². The molecule has 0 radical (unpaired) electrons. The average molecular weight is 256 g/mol. The van der Waals surface area contributed by atoms with Crippen LogP contribution >= 0.6 is 0 Å².